The molecule has 4 heteroatoms. The molecule has 0 saturated heterocycles. The molecule has 0 amide bonds. The van der Waals surface area contributed by atoms with Crippen LogP contribution in [-0.2, 0) is 9.53 Å². The molecule has 1 unspecified atom stereocenters. The Kier molecular flexibility index (Phi) is 4.58. The maximum atomic E-state index is 12.0. The van der Waals surface area contributed by atoms with E-state index in [0.29, 0.717) is 6.61 Å². The van der Waals surface area contributed by atoms with Gasteiger partial charge in [0.05, 0.1) is 6.61 Å². The lowest BCUT2D eigenvalue weighted by molar-refractivity contribution is -0.144. The number of benzene rings is 1. The highest BCUT2D eigenvalue weighted by atomic mass is 32.1. The van der Waals surface area contributed by atoms with E-state index in [1.54, 1.807) is 11.3 Å². The van der Waals surface area contributed by atoms with Gasteiger partial charge >= 0.3 is 5.97 Å². The molecule has 0 saturated carbocycles. The van der Waals surface area contributed by atoms with Gasteiger partial charge in [-0.3, -0.25) is 0 Å². The third-order valence-electron chi connectivity index (χ3n) is 2.71. The van der Waals surface area contributed by atoms with E-state index >= 15 is 0 Å². The molecular formula is C15H17NO2S. The third kappa shape index (κ3) is 3.58. The van der Waals surface area contributed by atoms with E-state index in [0.717, 1.165) is 10.6 Å². The van der Waals surface area contributed by atoms with Crippen molar-refractivity contribution in [3.05, 3.63) is 52.2 Å². The third-order valence-corrected chi connectivity index (χ3v) is 3.65. The number of hydrogen-bond acceptors (Lipinski definition) is 4. The maximum absolute atomic E-state index is 12.0. The first-order valence-corrected chi connectivity index (χ1v) is 7.12. The average Bonchev–Trinajstić information content (AvgIpc) is 2.92. The minimum Gasteiger partial charge on any atom is -0.464 e. The zero-order chi connectivity index (χ0) is 13.7. The molecule has 100 valence electrons. The van der Waals surface area contributed by atoms with Gasteiger partial charge in [-0.05, 0) is 37.4 Å². The van der Waals surface area contributed by atoms with Gasteiger partial charge in [0.2, 0.25) is 0 Å². The van der Waals surface area contributed by atoms with Crippen molar-refractivity contribution >= 4 is 23.0 Å². The highest BCUT2D eigenvalue weighted by Crippen LogP contribution is 2.25. The molecule has 0 aliphatic carbocycles. The van der Waals surface area contributed by atoms with Gasteiger partial charge < -0.3 is 10.1 Å². The van der Waals surface area contributed by atoms with Crippen LogP contribution >= 0.6 is 11.3 Å². The molecule has 0 aliphatic heterocycles. The second kappa shape index (κ2) is 6.38. The summed E-state index contributed by atoms with van der Waals surface area (Å²) in [6.45, 7) is 4.23. The van der Waals surface area contributed by atoms with Crippen LogP contribution in [0.1, 0.15) is 23.4 Å². The van der Waals surface area contributed by atoms with Crippen LogP contribution in [0.5, 0.6) is 0 Å². The fourth-order valence-corrected chi connectivity index (χ4v) is 2.51. The average molecular weight is 275 g/mol. The normalized spacial score (nSPS) is 11.9. The van der Waals surface area contributed by atoms with Crippen LogP contribution in [0.15, 0.2) is 41.8 Å². The van der Waals surface area contributed by atoms with E-state index in [1.807, 2.05) is 55.6 Å². The molecule has 2 rings (SSSR count). The standard InChI is InChI=1S/C15H17NO2S/c1-3-18-15(17)14(13-5-4-10-19-13)16-12-8-6-11(2)7-9-12/h4-10,14,16H,3H2,1-2H3. The van der Waals surface area contributed by atoms with E-state index in [-0.39, 0.29) is 5.97 Å². The molecule has 3 nitrogen and oxygen atoms in total. The fraction of sp³-hybridized carbons (Fsp3) is 0.267. The van der Waals surface area contributed by atoms with Gasteiger partial charge in [0.1, 0.15) is 0 Å². The van der Waals surface area contributed by atoms with Crippen molar-refractivity contribution in [2.24, 2.45) is 0 Å². The van der Waals surface area contributed by atoms with Crippen LogP contribution in [0.2, 0.25) is 0 Å². The predicted molar refractivity (Wildman–Crippen MR) is 78.5 cm³/mol. The van der Waals surface area contributed by atoms with Crippen LogP contribution in [0, 0.1) is 6.92 Å². The maximum Gasteiger partial charge on any atom is 0.334 e. The van der Waals surface area contributed by atoms with Crippen molar-refractivity contribution in [3.8, 4) is 0 Å². The lowest BCUT2D eigenvalue weighted by atomic mass is 10.2. The van der Waals surface area contributed by atoms with Crippen molar-refractivity contribution in [2.45, 2.75) is 19.9 Å². The van der Waals surface area contributed by atoms with Crippen LogP contribution < -0.4 is 5.32 Å². The molecule has 0 bridgehead atoms. The van der Waals surface area contributed by atoms with Gasteiger partial charge in [-0.15, -0.1) is 11.3 Å². The molecule has 1 aromatic heterocycles. The molecule has 1 atom stereocenters. The highest BCUT2D eigenvalue weighted by molar-refractivity contribution is 7.10. The Morgan fingerprint density at radius 1 is 1.32 bits per heavy atom. The molecule has 0 radical (unpaired) electrons. The Morgan fingerprint density at radius 2 is 2.05 bits per heavy atom. The minimum atomic E-state index is -0.442. The van der Waals surface area contributed by atoms with Gasteiger partial charge in [0.15, 0.2) is 6.04 Å². The Morgan fingerprint density at radius 3 is 2.63 bits per heavy atom. The zero-order valence-electron chi connectivity index (χ0n) is 11.1. The smallest absolute Gasteiger partial charge is 0.334 e. The number of carbonyl (C=O) groups is 1. The molecule has 0 fully saturated rings. The summed E-state index contributed by atoms with van der Waals surface area (Å²) in [6, 6.07) is 11.4. The van der Waals surface area contributed by atoms with E-state index in [2.05, 4.69) is 5.32 Å². The summed E-state index contributed by atoms with van der Waals surface area (Å²) >= 11 is 1.54. The van der Waals surface area contributed by atoms with E-state index in [1.165, 1.54) is 5.56 Å². The number of rotatable bonds is 5. The molecule has 1 N–H and O–H groups in total. The van der Waals surface area contributed by atoms with E-state index < -0.39 is 6.04 Å². The first-order chi connectivity index (χ1) is 9.20. The quantitative estimate of drug-likeness (QED) is 0.844. The molecular weight excluding hydrogens is 258 g/mol. The summed E-state index contributed by atoms with van der Waals surface area (Å²) in [7, 11) is 0. The van der Waals surface area contributed by atoms with Gasteiger partial charge in [-0.2, -0.15) is 0 Å². The van der Waals surface area contributed by atoms with Crippen molar-refractivity contribution in [1.29, 1.82) is 0 Å². The number of esters is 1. The first-order valence-electron chi connectivity index (χ1n) is 6.24. The predicted octanol–water partition coefficient (Wildman–Crippen LogP) is 3.77. The summed E-state index contributed by atoms with van der Waals surface area (Å²) in [5.74, 6) is -0.245. The summed E-state index contributed by atoms with van der Waals surface area (Å²) in [5.41, 5.74) is 2.10. The lowest BCUT2D eigenvalue weighted by Gasteiger charge is -2.17. The summed E-state index contributed by atoms with van der Waals surface area (Å²) in [6.07, 6.45) is 0. The van der Waals surface area contributed by atoms with Gasteiger partial charge in [-0.25, -0.2) is 4.79 Å². The molecule has 19 heavy (non-hydrogen) atoms. The molecule has 1 heterocycles. The van der Waals surface area contributed by atoms with Crippen molar-refractivity contribution in [3.63, 3.8) is 0 Å². The van der Waals surface area contributed by atoms with Crippen molar-refractivity contribution in [2.75, 3.05) is 11.9 Å². The van der Waals surface area contributed by atoms with Crippen LogP contribution in [0.3, 0.4) is 0 Å². The number of carbonyl (C=O) groups excluding carboxylic acids is 1. The Bertz CT molecular complexity index is 520. The lowest BCUT2D eigenvalue weighted by Crippen LogP contribution is -2.22. The Hall–Kier alpha value is -1.81. The summed E-state index contributed by atoms with van der Waals surface area (Å²) in [4.78, 5) is 13.0. The largest absolute Gasteiger partial charge is 0.464 e. The summed E-state index contributed by atoms with van der Waals surface area (Å²) < 4.78 is 5.13. The Labute approximate surface area is 117 Å². The molecule has 0 spiro atoms. The van der Waals surface area contributed by atoms with Crippen molar-refractivity contribution < 1.29 is 9.53 Å². The van der Waals surface area contributed by atoms with Crippen LogP contribution in [0.25, 0.3) is 0 Å². The number of ether oxygens (including phenoxy) is 1. The number of hydrogen-bond donors (Lipinski definition) is 1. The summed E-state index contributed by atoms with van der Waals surface area (Å²) in [5, 5.41) is 5.19. The number of anilines is 1. The zero-order valence-corrected chi connectivity index (χ0v) is 11.9. The second-order valence-corrected chi connectivity index (χ2v) is 5.19. The SMILES string of the molecule is CCOC(=O)C(Nc1ccc(C)cc1)c1cccs1. The van der Waals surface area contributed by atoms with E-state index in [4.69, 9.17) is 4.74 Å². The molecule has 1 aromatic carbocycles. The number of nitrogens with one attached hydrogen (secondary N) is 1. The monoisotopic (exact) mass is 275 g/mol. The van der Waals surface area contributed by atoms with Crippen LogP contribution in [0.4, 0.5) is 5.69 Å². The fourth-order valence-electron chi connectivity index (χ4n) is 1.74. The number of thiophene rings is 1. The van der Waals surface area contributed by atoms with Gasteiger partial charge in [0.25, 0.3) is 0 Å². The van der Waals surface area contributed by atoms with Gasteiger partial charge in [0, 0.05) is 10.6 Å². The first kappa shape index (κ1) is 13.6. The minimum absolute atomic E-state index is 0.245. The highest BCUT2D eigenvalue weighted by Gasteiger charge is 2.22. The molecule has 0 aliphatic rings. The van der Waals surface area contributed by atoms with E-state index in [9.17, 15) is 4.79 Å². The van der Waals surface area contributed by atoms with Gasteiger partial charge in [-0.1, -0.05) is 23.8 Å². The topological polar surface area (TPSA) is 38.3 Å². The Balaban J connectivity index is 2.18. The second-order valence-electron chi connectivity index (χ2n) is 4.21. The number of aryl methyl sites for hydroxylation is 1. The van der Waals surface area contributed by atoms with Crippen molar-refractivity contribution in [1.82, 2.24) is 0 Å². The molecule has 2 aromatic rings. The van der Waals surface area contributed by atoms with Crippen LogP contribution in [-0.4, -0.2) is 12.6 Å².